The molecular weight excluding hydrogens is 248 g/mol. The maximum absolute atomic E-state index is 11.4. The van der Waals surface area contributed by atoms with Crippen LogP contribution in [0.2, 0.25) is 0 Å². The van der Waals surface area contributed by atoms with Crippen LogP contribution in [0.3, 0.4) is 0 Å². The molecule has 1 heterocycles. The molecule has 2 amide bonds. The zero-order valence-electron chi connectivity index (χ0n) is 7.16. The molecule has 0 unspecified atom stereocenters. The van der Waals surface area contributed by atoms with Gasteiger partial charge in [-0.25, -0.2) is 3.93 Å². The fourth-order valence-corrected chi connectivity index (χ4v) is 1.72. The summed E-state index contributed by atoms with van der Waals surface area (Å²) in [7, 11) is 0. The fraction of sp³-hybridized carbons (Fsp3) is 0.111. The Balaban J connectivity index is 2.51. The minimum absolute atomic E-state index is 0.139. The Labute approximate surface area is 89.2 Å². The third-order valence-corrected chi connectivity index (χ3v) is 2.70. The van der Waals surface area contributed by atoms with Crippen molar-refractivity contribution in [2.45, 2.75) is 6.42 Å². The molecule has 2 rings (SSSR count). The van der Waals surface area contributed by atoms with Crippen molar-refractivity contribution in [3.8, 4) is 0 Å². The molecule has 1 N–H and O–H groups in total. The topological polar surface area (TPSA) is 49.4 Å². The zero-order valence-corrected chi connectivity index (χ0v) is 8.74. The first-order valence-corrected chi connectivity index (χ1v) is 4.77. The summed E-state index contributed by atoms with van der Waals surface area (Å²) in [5.74, 6) is -0.558. The third kappa shape index (κ3) is 1.50. The molecule has 0 spiro atoms. The second kappa shape index (κ2) is 3.42. The first-order valence-electron chi connectivity index (χ1n) is 4.06. The Hall–Kier alpha value is -1.36. The van der Waals surface area contributed by atoms with E-state index >= 15 is 0 Å². The monoisotopic (exact) mass is 254 g/mol. The summed E-state index contributed by atoms with van der Waals surface area (Å²) in [5, 5.41) is 2.65. The minimum atomic E-state index is -0.288. The van der Waals surface area contributed by atoms with E-state index < -0.39 is 0 Å². The number of para-hydroxylation sites is 2. The maximum atomic E-state index is 11.4. The van der Waals surface area contributed by atoms with Crippen LogP contribution in [0.5, 0.6) is 0 Å². The van der Waals surface area contributed by atoms with Gasteiger partial charge < -0.3 is 5.32 Å². The number of hydrogen-bond acceptors (Lipinski definition) is 2. The molecule has 0 saturated heterocycles. The summed E-state index contributed by atoms with van der Waals surface area (Å²) >= 11 is 3.12. The number of nitrogens with one attached hydrogen (secondary N) is 1. The highest BCUT2D eigenvalue weighted by molar-refractivity contribution is 9.10. The van der Waals surface area contributed by atoms with Gasteiger partial charge in [-0.1, -0.05) is 12.1 Å². The van der Waals surface area contributed by atoms with Crippen LogP contribution >= 0.6 is 16.1 Å². The SMILES string of the molecule is O=C1CC(=O)N(Br)c2ccccc2N1. The van der Waals surface area contributed by atoms with Gasteiger partial charge in [-0.2, -0.15) is 0 Å². The Bertz CT molecular complexity index is 406. The number of amides is 2. The van der Waals surface area contributed by atoms with Crippen LogP contribution in [-0.2, 0) is 9.59 Å². The number of fused-ring (bicyclic) bond motifs is 1. The molecule has 0 fully saturated rings. The standard InChI is InChI=1S/C9H7BrN2O2/c10-12-7-4-2-1-3-6(7)11-8(13)5-9(12)14/h1-4H,5H2,(H,11,13). The first-order chi connectivity index (χ1) is 6.68. The Morgan fingerprint density at radius 1 is 1.29 bits per heavy atom. The van der Waals surface area contributed by atoms with E-state index in [4.69, 9.17) is 0 Å². The maximum Gasteiger partial charge on any atom is 0.246 e. The average Bonchev–Trinajstić information content (AvgIpc) is 2.26. The van der Waals surface area contributed by atoms with Crippen LogP contribution in [0.1, 0.15) is 6.42 Å². The lowest BCUT2D eigenvalue weighted by atomic mass is 10.2. The van der Waals surface area contributed by atoms with Gasteiger partial charge in [0.15, 0.2) is 0 Å². The lowest BCUT2D eigenvalue weighted by molar-refractivity contribution is -0.124. The smallest absolute Gasteiger partial charge is 0.246 e. The highest BCUT2D eigenvalue weighted by Crippen LogP contribution is 2.30. The largest absolute Gasteiger partial charge is 0.324 e. The van der Waals surface area contributed by atoms with Crippen molar-refractivity contribution in [2.24, 2.45) is 0 Å². The molecule has 4 nitrogen and oxygen atoms in total. The number of anilines is 2. The van der Waals surface area contributed by atoms with Crippen molar-refractivity contribution >= 4 is 39.3 Å². The van der Waals surface area contributed by atoms with E-state index in [1.807, 2.05) is 0 Å². The van der Waals surface area contributed by atoms with Crippen molar-refractivity contribution in [1.82, 2.24) is 0 Å². The van der Waals surface area contributed by atoms with E-state index in [2.05, 4.69) is 21.5 Å². The number of nitrogens with zero attached hydrogens (tertiary/aromatic N) is 1. The second-order valence-corrected chi connectivity index (χ2v) is 3.63. The van der Waals surface area contributed by atoms with E-state index in [0.717, 1.165) is 0 Å². The third-order valence-electron chi connectivity index (χ3n) is 1.92. The average molecular weight is 255 g/mol. The predicted octanol–water partition coefficient (Wildman–Crippen LogP) is 1.67. The molecule has 14 heavy (non-hydrogen) atoms. The van der Waals surface area contributed by atoms with E-state index in [1.165, 1.54) is 3.93 Å². The molecule has 0 bridgehead atoms. The zero-order chi connectivity index (χ0) is 10.1. The number of halogens is 1. The van der Waals surface area contributed by atoms with Crippen molar-refractivity contribution in [2.75, 3.05) is 9.24 Å². The summed E-state index contributed by atoms with van der Waals surface area (Å²) in [5.41, 5.74) is 1.29. The van der Waals surface area contributed by atoms with Gasteiger partial charge in [0.05, 0.1) is 27.5 Å². The molecule has 0 aromatic heterocycles. The van der Waals surface area contributed by atoms with Crippen LogP contribution < -0.4 is 9.24 Å². The van der Waals surface area contributed by atoms with Crippen molar-refractivity contribution in [3.05, 3.63) is 24.3 Å². The Morgan fingerprint density at radius 3 is 2.79 bits per heavy atom. The lowest BCUT2D eigenvalue weighted by Gasteiger charge is -2.12. The van der Waals surface area contributed by atoms with E-state index in [-0.39, 0.29) is 18.2 Å². The second-order valence-electron chi connectivity index (χ2n) is 2.92. The van der Waals surface area contributed by atoms with Crippen LogP contribution in [0.15, 0.2) is 24.3 Å². The van der Waals surface area contributed by atoms with Crippen LogP contribution in [0.4, 0.5) is 11.4 Å². The number of hydrogen-bond donors (Lipinski definition) is 1. The van der Waals surface area contributed by atoms with E-state index in [9.17, 15) is 9.59 Å². The summed E-state index contributed by atoms with van der Waals surface area (Å²) in [6.07, 6.45) is -0.139. The minimum Gasteiger partial charge on any atom is -0.324 e. The van der Waals surface area contributed by atoms with Gasteiger partial charge in [-0.15, -0.1) is 0 Å². The predicted molar refractivity (Wildman–Crippen MR) is 56.1 cm³/mol. The van der Waals surface area contributed by atoms with Crippen LogP contribution in [0, 0.1) is 0 Å². The van der Waals surface area contributed by atoms with Crippen molar-refractivity contribution in [3.63, 3.8) is 0 Å². The number of rotatable bonds is 0. The molecule has 1 aliphatic heterocycles. The normalized spacial score (nSPS) is 15.9. The van der Waals surface area contributed by atoms with Gasteiger partial charge >= 0.3 is 0 Å². The van der Waals surface area contributed by atoms with Gasteiger partial charge in [0.25, 0.3) is 0 Å². The molecule has 1 aromatic rings. The molecule has 0 radical (unpaired) electrons. The summed E-state index contributed by atoms with van der Waals surface area (Å²) < 4.78 is 1.31. The van der Waals surface area contributed by atoms with Gasteiger partial charge in [0, 0.05) is 0 Å². The summed E-state index contributed by atoms with van der Waals surface area (Å²) in [6.45, 7) is 0. The van der Waals surface area contributed by atoms with Crippen LogP contribution in [0.25, 0.3) is 0 Å². The van der Waals surface area contributed by atoms with E-state index in [1.54, 1.807) is 24.3 Å². The fourth-order valence-electron chi connectivity index (χ4n) is 1.29. The molecule has 0 aliphatic carbocycles. The quantitative estimate of drug-likeness (QED) is 0.566. The Kier molecular flexibility index (Phi) is 2.25. The van der Waals surface area contributed by atoms with Crippen molar-refractivity contribution < 1.29 is 9.59 Å². The first kappa shape index (κ1) is 9.21. The molecule has 0 atom stereocenters. The Morgan fingerprint density at radius 2 is 2.00 bits per heavy atom. The molecule has 1 aliphatic rings. The van der Waals surface area contributed by atoms with Crippen LogP contribution in [-0.4, -0.2) is 11.8 Å². The highest BCUT2D eigenvalue weighted by Gasteiger charge is 2.23. The molecule has 0 saturated carbocycles. The molecule has 5 heteroatoms. The lowest BCUT2D eigenvalue weighted by Crippen LogP contribution is -2.21. The van der Waals surface area contributed by atoms with Gasteiger partial charge in [0.2, 0.25) is 11.8 Å². The molecule has 1 aromatic carbocycles. The molecular formula is C9H7BrN2O2. The van der Waals surface area contributed by atoms with Gasteiger partial charge in [-0.3, -0.25) is 9.59 Å². The highest BCUT2D eigenvalue weighted by atomic mass is 79.9. The number of carbonyl (C=O) groups is 2. The summed E-state index contributed by atoms with van der Waals surface area (Å²) in [4.78, 5) is 22.6. The number of carbonyl (C=O) groups excluding carboxylic acids is 2. The molecule has 72 valence electrons. The van der Waals surface area contributed by atoms with E-state index in [0.29, 0.717) is 11.4 Å². The number of benzene rings is 1. The van der Waals surface area contributed by atoms with Crippen molar-refractivity contribution in [1.29, 1.82) is 0 Å². The summed E-state index contributed by atoms with van der Waals surface area (Å²) in [6, 6.07) is 7.11. The van der Waals surface area contributed by atoms with Gasteiger partial charge in [-0.05, 0) is 12.1 Å². The van der Waals surface area contributed by atoms with Gasteiger partial charge in [0.1, 0.15) is 6.42 Å².